The molecule has 2 aliphatic rings. The number of phenolic OH excluding ortho intramolecular Hbond substituents is 1. The molecule has 0 unspecified atom stereocenters. The number of nitrogens with one attached hydrogen (secondary N) is 1. The average molecular weight is 393 g/mol. The Morgan fingerprint density at radius 3 is 2.93 bits per heavy atom. The van der Waals surface area contributed by atoms with E-state index in [0.717, 1.165) is 17.7 Å². The summed E-state index contributed by atoms with van der Waals surface area (Å²) in [4.78, 5) is 1.97. The van der Waals surface area contributed by atoms with E-state index >= 15 is 0 Å². The molecule has 0 amide bonds. The Balaban J connectivity index is 1.69. The zero-order chi connectivity index (χ0) is 19.0. The first-order chi connectivity index (χ1) is 13.0. The molecule has 0 radical (unpaired) electrons. The Bertz CT molecular complexity index is 841. The van der Waals surface area contributed by atoms with Crippen molar-refractivity contribution in [2.75, 3.05) is 32.1 Å². The summed E-state index contributed by atoms with van der Waals surface area (Å²) in [6.07, 6.45) is 0.265. The topological polar surface area (TPSA) is 70.5 Å². The molecule has 6 nitrogen and oxygen atoms in total. The van der Waals surface area contributed by atoms with Crippen LogP contribution in [0.5, 0.6) is 5.75 Å². The number of hydrogen-bond donors (Lipinski definition) is 2. The SMILES string of the molecule is CN1C[C@H](F)C[C@@H](Nc2nnc(-c3ccc(Cl)cc3O)c3c2COCC3)C1. The Morgan fingerprint density at radius 2 is 2.15 bits per heavy atom. The minimum absolute atomic E-state index is 0.0335. The largest absolute Gasteiger partial charge is 0.507 e. The van der Waals surface area contributed by atoms with E-state index in [0.29, 0.717) is 54.7 Å². The van der Waals surface area contributed by atoms with Gasteiger partial charge in [-0.05, 0) is 37.2 Å². The van der Waals surface area contributed by atoms with E-state index in [9.17, 15) is 9.50 Å². The first kappa shape index (κ1) is 18.4. The predicted molar refractivity (Wildman–Crippen MR) is 102 cm³/mol. The molecule has 0 bridgehead atoms. The number of anilines is 1. The molecule has 0 aliphatic carbocycles. The highest BCUT2D eigenvalue weighted by molar-refractivity contribution is 6.30. The number of ether oxygens (including phenoxy) is 1. The van der Waals surface area contributed by atoms with Crippen LogP contribution in [-0.4, -0.2) is 59.2 Å². The maximum atomic E-state index is 13.9. The van der Waals surface area contributed by atoms with Crippen molar-refractivity contribution in [2.24, 2.45) is 0 Å². The van der Waals surface area contributed by atoms with Crippen LogP contribution in [0.25, 0.3) is 11.3 Å². The number of alkyl halides is 1. The number of aromatic nitrogens is 2. The lowest BCUT2D eigenvalue weighted by Gasteiger charge is -2.33. The van der Waals surface area contributed by atoms with Crippen molar-refractivity contribution in [3.63, 3.8) is 0 Å². The quantitative estimate of drug-likeness (QED) is 0.836. The maximum Gasteiger partial charge on any atom is 0.154 e. The van der Waals surface area contributed by atoms with Gasteiger partial charge in [0.05, 0.1) is 13.2 Å². The van der Waals surface area contributed by atoms with E-state index < -0.39 is 6.17 Å². The van der Waals surface area contributed by atoms with Gasteiger partial charge in [0.15, 0.2) is 5.82 Å². The minimum atomic E-state index is -0.855. The normalized spacial score (nSPS) is 23.1. The highest BCUT2D eigenvalue weighted by atomic mass is 35.5. The lowest BCUT2D eigenvalue weighted by atomic mass is 9.97. The summed E-state index contributed by atoms with van der Waals surface area (Å²) in [6.45, 7) is 2.20. The molecule has 8 heteroatoms. The summed E-state index contributed by atoms with van der Waals surface area (Å²) in [5.74, 6) is 0.704. The van der Waals surface area contributed by atoms with Gasteiger partial charge in [0, 0.05) is 41.7 Å². The minimum Gasteiger partial charge on any atom is -0.507 e. The van der Waals surface area contributed by atoms with Gasteiger partial charge in [0.25, 0.3) is 0 Å². The van der Waals surface area contributed by atoms with Gasteiger partial charge in [0.1, 0.15) is 17.6 Å². The van der Waals surface area contributed by atoms with Crippen LogP contribution >= 0.6 is 11.6 Å². The second-order valence-electron chi connectivity index (χ2n) is 7.21. The molecule has 0 saturated carbocycles. The smallest absolute Gasteiger partial charge is 0.154 e. The molecule has 27 heavy (non-hydrogen) atoms. The van der Waals surface area contributed by atoms with Crippen LogP contribution in [0.15, 0.2) is 18.2 Å². The molecule has 1 fully saturated rings. The molecule has 2 N–H and O–H groups in total. The van der Waals surface area contributed by atoms with Gasteiger partial charge in [0.2, 0.25) is 0 Å². The second kappa shape index (κ2) is 7.58. The first-order valence-corrected chi connectivity index (χ1v) is 9.43. The van der Waals surface area contributed by atoms with E-state index in [4.69, 9.17) is 16.3 Å². The number of piperidine rings is 1. The number of halogens is 2. The Labute approximate surface area is 162 Å². The third-order valence-corrected chi connectivity index (χ3v) is 5.30. The van der Waals surface area contributed by atoms with E-state index in [1.54, 1.807) is 12.1 Å². The van der Waals surface area contributed by atoms with Crippen molar-refractivity contribution in [1.82, 2.24) is 15.1 Å². The standard InChI is InChI=1S/C19H22ClFN4O2/c1-25-8-12(21)7-13(9-25)22-19-16-10-27-5-4-14(16)18(23-24-19)15-3-2-11(20)6-17(15)26/h2-3,6,12-13,26H,4-5,7-10H2,1H3,(H,22,24)/t12-,13-/m1/s1. The van der Waals surface area contributed by atoms with Gasteiger partial charge in [-0.1, -0.05) is 11.6 Å². The summed E-state index contributed by atoms with van der Waals surface area (Å²) >= 11 is 5.94. The number of fused-ring (bicyclic) bond motifs is 1. The highest BCUT2D eigenvalue weighted by Gasteiger charge is 2.28. The molecule has 0 spiro atoms. The Morgan fingerprint density at radius 1 is 1.30 bits per heavy atom. The molecule has 1 aromatic heterocycles. The van der Waals surface area contributed by atoms with E-state index in [1.165, 1.54) is 6.07 Å². The summed E-state index contributed by atoms with van der Waals surface area (Å²) in [7, 11) is 1.91. The molecule has 144 valence electrons. The lowest BCUT2D eigenvalue weighted by molar-refractivity contribution is 0.110. The number of rotatable bonds is 3. The molecule has 2 atom stereocenters. The first-order valence-electron chi connectivity index (χ1n) is 9.05. The zero-order valence-corrected chi connectivity index (χ0v) is 15.8. The predicted octanol–water partition coefficient (Wildman–Crippen LogP) is 3.03. The van der Waals surface area contributed by atoms with E-state index in [1.807, 2.05) is 11.9 Å². The second-order valence-corrected chi connectivity index (χ2v) is 7.65. The van der Waals surface area contributed by atoms with Gasteiger partial charge in [-0.2, -0.15) is 0 Å². The van der Waals surface area contributed by atoms with Crippen molar-refractivity contribution in [3.05, 3.63) is 34.3 Å². The number of aromatic hydroxyl groups is 1. The van der Waals surface area contributed by atoms with Crippen molar-refractivity contribution < 1.29 is 14.2 Å². The summed E-state index contributed by atoms with van der Waals surface area (Å²) < 4.78 is 19.5. The maximum absolute atomic E-state index is 13.9. The van der Waals surface area contributed by atoms with E-state index in [2.05, 4.69) is 15.5 Å². The highest BCUT2D eigenvalue weighted by Crippen LogP contribution is 2.36. The number of hydrogen-bond acceptors (Lipinski definition) is 6. The summed E-state index contributed by atoms with van der Waals surface area (Å²) in [5, 5.41) is 22.8. The zero-order valence-electron chi connectivity index (χ0n) is 15.1. The van der Waals surface area contributed by atoms with Crippen molar-refractivity contribution in [3.8, 4) is 17.0 Å². The average Bonchev–Trinajstić information content (AvgIpc) is 2.62. The monoisotopic (exact) mass is 392 g/mol. The molecular formula is C19H22ClFN4O2. The summed E-state index contributed by atoms with van der Waals surface area (Å²) in [6, 6.07) is 4.92. The Kier molecular flexibility index (Phi) is 5.16. The summed E-state index contributed by atoms with van der Waals surface area (Å²) in [5.41, 5.74) is 3.15. The fraction of sp³-hybridized carbons (Fsp3) is 0.474. The molecule has 2 aliphatic heterocycles. The number of phenols is 1. The van der Waals surface area contributed by atoms with Gasteiger partial charge in [-0.25, -0.2) is 4.39 Å². The molecule has 3 heterocycles. The number of benzene rings is 1. The molecule has 1 aromatic carbocycles. The van der Waals surface area contributed by atoms with Gasteiger partial charge in [-0.15, -0.1) is 10.2 Å². The van der Waals surface area contributed by atoms with Crippen LogP contribution < -0.4 is 5.32 Å². The Hall–Kier alpha value is -1.96. The molecule has 1 saturated heterocycles. The van der Waals surface area contributed by atoms with Crippen LogP contribution in [0.3, 0.4) is 0 Å². The fourth-order valence-electron chi connectivity index (χ4n) is 3.86. The molecule has 2 aromatic rings. The lowest BCUT2D eigenvalue weighted by Crippen LogP contribution is -2.45. The molecule has 4 rings (SSSR count). The third kappa shape index (κ3) is 3.85. The third-order valence-electron chi connectivity index (χ3n) is 5.07. The van der Waals surface area contributed by atoms with Gasteiger partial charge in [-0.3, -0.25) is 0 Å². The molecular weight excluding hydrogens is 371 g/mol. The number of likely N-dealkylation sites (N-methyl/N-ethyl adjacent to an activating group) is 1. The van der Waals surface area contributed by atoms with Gasteiger partial charge >= 0.3 is 0 Å². The van der Waals surface area contributed by atoms with Crippen LogP contribution in [0.1, 0.15) is 17.5 Å². The van der Waals surface area contributed by atoms with Crippen LogP contribution in [0.4, 0.5) is 10.2 Å². The van der Waals surface area contributed by atoms with E-state index in [-0.39, 0.29) is 11.8 Å². The van der Waals surface area contributed by atoms with Crippen LogP contribution in [0.2, 0.25) is 5.02 Å². The number of nitrogens with zero attached hydrogens (tertiary/aromatic N) is 3. The fourth-order valence-corrected chi connectivity index (χ4v) is 4.03. The van der Waals surface area contributed by atoms with Crippen molar-refractivity contribution >= 4 is 17.4 Å². The van der Waals surface area contributed by atoms with Crippen LogP contribution in [0, 0.1) is 0 Å². The van der Waals surface area contributed by atoms with Crippen LogP contribution in [-0.2, 0) is 17.8 Å². The number of likely N-dealkylation sites (tertiary alicyclic amines) is 1. The van der Waals surface area contributed by atoms with Crippen molar-refractivity contribution in [2.45, 2.75) is 31.7 Å². The van der Waals surface area contributed by atoms with Crippen molar-refractivity contribution in [1.29, 1.82) is 0 Å². The van der Waals surface area contributed by atoms with Gasteiger partial charge < -0.3 is 20.1 Å².